The molecule has 0 atom stereocenters. The van der Waals surface area contributed by atoms with Crippen molar-refractivity contribution in [3.8, 4) is 5.75 Å². The number of hydrogen-bond acceptors (Lipinski definition) is 3. The summed E-state index contributed by atoms with van der Waals surface area (Å²) in [6.07, 6.45) is 3.09. The zero-order valence-electron chi connectivity index (χ0n) is 12.1. The quantitative estimate of drug-likeness (QED) is 0.910. The predicted molar refractivity (Wildman–Crippen MR) is 78.0 cm³/mol. The van der Waals surface area contributed by atoms with Crippen molar-refractivity contribution in [2.45, 2.75) is 20.0 Å². The first-order valence-corrected chi connectivity index (χ1v) is 6.47. The standard InChI is InChI=1S/C14H17FN4O2/c1-9(2)21-11-4-5-13(12(15)6-11)18-14(20)17-10-7-16-19(3)8-10/h4-9H,1-3H3,(H2,17,18,20). The van der Waals surface area contributed by atoms with E-state index in [0.29, 0.717) is 11.4 Å². The summed E-state index contributed by atoms with van der Waals surface area (Å²) in [7, 11) is 1.73. The van der Waals surface area contributed by atoms with E-state index in [1.807, 2.05) is 13.8 Å². The van der Waals surface area contributed by atoms with Crippen LogP contribution < -0.4 is 15.4 Å². The van der Waals surface area contributed by atoms with Crippen LogP contribution in [0.4, 0.5) is 20.6 Å². The summed E-state index contributed by atoms with van der Waals surface area (Å²) in [5.74, 6) is -0.143. The maximum Gasteiger partial charge on any atom is 0.323 e. The van der Waals surface area contributed by atoms with Gasteiger partial charge in [-0.2, -0.15) is 5.10 Å². The number of carbonyl (C=O) groups is 1. The largest absolute Gasteiger partial charge is 0.491 e. The number of amides is 2. The van der Waals surface area contributed by atoms with Gasteiger partial charge in [-0.3, -0.25) is 4.68 Å². The van der Waals surface area contributed by atoms with Gasteiger partial charge in [0.25, 0.3) is 0 Å². The summed E-state index contributed by atoms with van der Waals surface area (Å²) in [6.45, 7) is 3.71. The Hall–Kier alpha value is -2.57. The minimum atomic E-state index is -0.561. The summed E-state index contributed by atoms with van der Waals surface area (Å²) in [4.78, 5) is 11.7. The van der Waals surface area contributed by atoms with Crippen molar-refractivity contribution < 1.29 is 13.9 Å². The second-order valence-electron chi connectivity index (χ2n) is 4.79. The topological polar surface area (TPSA) is 68.2 Å². The van der Waals surface area contributed by atoms with Gasteiger partial charge in [0, 0.05) is 19.3 Å². The van der Waals surface area contributed by atoms with E-state index in [1.165, 1.54) is 18.3 Å². The summed E-state index contributed by atoms with van der Waals surface area (Å²) < 4.78 is 20.8. The number of aromatic nitrogens is 2. The van der Waals surface area contributed by atoms with Gasteiger partial charge in [-0.15, -0.1) is 0 Å². The van der Waals surface area contributed by atoms with Gasteiger partial charge >= 0.3 is 6.03 Å². The Morgan fingerprint density at radius 2 is 2.14 bits per heavy atom. The lowest BCUT2D eigenvalue weighted by atomic mass is 10.3. The molecule has 2 N–H and O–H groups in total. The summed E-state index contributed by atoms with van der Waals surface area (Å²) in [5, 5.41) is 8.90. The third kappa shape index (κ3) is 4.20. The first-order chi connectivity index (χ1) is 9.94. The zero-order chi connectivity index (χ0) is 15.4. The van der Waals surface area contributed by atoms with E-state index in [-0.39, 0.29) is 11.8 Å². The van der Waals surface area contributed by atoms with Crippen LogP contribution in [-0.4, -0.2) is 21.9 Å². The molecule has 0 unspecified atom stereocenters. The van der Waals surface area contributed by atoms with Crippen LogP contribution in [0, 0.1) is 5.82 Å². The second-order valence-corrected chi connectivity index (χ2v) is 4.79. The number of benzene rings is 1. The predicted octanol–water partition coefficient (Wildman–Crippen LogP) is 2.99. The van der Waals surface area contributed by atoms with E-state index in [2.05, 4.69) is 15.7 Å². The summed E-state index contributed by atoms with van der Waals surface area (Å²) in [5.41, 5.74) is 0.600. The van der Waals surface area contributed by atoms with Gasteiger partial charge in [-0.1, -0.05) is 0 Å². The van der Waals surface area contributed by atoms with Crippen LogP contribution >= 0.6 is 0 Å². The highest BCUT2D eigenvalue weighted by Gasteiger charge is 2.09. The fourth-order valence-corrected chi connectivity index (χ4v) is 1.71. The fraction of sp³-hybridized carbons (Fsp3) is 0.286. The Morgan fingerprint density at radius 1 is 1.38 bits per heavy atom. The lowest BCUT2D eigenvalue weighted by Crippen LogP contribution is -2.20. The molecule has 2 rings (SSSR count). The molecular weight excluding hydrogens is 275 g/mol. The Bertz CT molecular complexity index is 640. The van der Waals surface area contributed by atoms with E-state index in [0.717, 1.165) is 0 Å². The van der Waals surface area contributed by atoms with Gasteiger partial charge in [0.2, 0.25) is 0 Å². The maximum atomic E-state index is 13.9. The molecular formula is C14H17FN4O2. The average molecular weight is 292 g/mol. The van der Waals surface area contributed by atoms with Gasteiger partial charge in [0.15, 0.2) is 0 Å². The van der Waals surface area contributed by atoms with Crippen molar-refractivity contribution in [3.05, 3.63) is 36.4 Å². The molecule has 1 aromatic heterocycles. The van der Waals surface area contributed by atoms with Crippen molar-refractivity contribution in [1.82, 2.24) is 9.78 Å². The summed E-state index contributed by atoms with van der Waals surface area (Å²) >= 11 is 0. The van der Waals surface area contributed by atoms with Gasteiger partial charge < -0.3 is 15.4 Å². The van der Waals surface area contributed by atoms with Crippen LogP contribution in [0.5, 0.6) is 5.75 Å². The number of carbonyl (C=O) groups excluding carboxylic acids is 1. The highest BCUT2D eigenvalue weighted by atomic mass is 19.1. The fourth-order valence-electron chi connectivity index (χ4n) is 1.71. The van der Waals surface area contributed by atoms with Crippen LogP contribution in [0.1, 0.15) is 13.8 Å². The molecule has 0 radical (unpaired) electrons. The molecule has 0 fully saturated rings. The Balaban J connectivity index is 2.00. The maximum absolute atomic E-state index is 13.9. The van der Waals surface area contributed by atoms with E-state index in [1.54, 1.807) is 24.0 Å². The van der Waals surface area contributed by atoms with Crippen LogP contribution in [0.3, 0.4) is 0 Å². The molecule has 0 aliphatic carbocycles. The van der Waals surface area contributed by atoms with Crippen molar-refractivity contribution >= 4 is 17.4 Å². The first-order valence-electron chi connectivity index (χ1n) is 6.47. The number of urea groups is 1. The SMILES string of the molecule is CC(C)Oc1ccc(NC(=O)Nc2cnn(C)c2)c(F)c1. The first kappa shape index (κ1) is 14.8. The minimum absolute atomic E-state index is 0.0444. The van der Waals surface area contributed by atoms with Gasteiger partial charge in [0.1, 0.15) is 11.6 Å². The Labute approximate surface area is 121 Å². The third-order valence-corrected chi connectivity index (χ3v) is 2.52. The van der Waals surface area contributed by atoms with E-state index >= 15 is 0 Å². The van der Waals surface area contributed by atoms with Gasteiger partial charge in [-0.25, -0.2) is 9.18 Å². The molecule has 7 heteroatoms. The van der Waals surface area contributed by atoms with Crippen LogP contribution in [-0.2, 0) is 7.05 Å². The Morgan fingerprint density at radius 3 is 2.71 bits per heavy atom. The average Bonchev–Trinajstić information content (AvgIpc) is 2.77. The number of ether oxygens (including phenoxy) is 1. The van der Waals surface area contributed by atoms with Crippen LogP contribution in [0.2, 0.25) is 0 Å². The highest BCUT2D eigenvalue weighted by Crippen LogP contribution is 2.21. The van der Waals surface area contributed by atoms with Crippen molar-refractivity contribution in [2.24, 2.45) is 7.05 Å². The molecule has 0 spiro atoms. The van der Waals surface area contributed by atoms with Crippen LogP contribution in [0.25, 0.3) is 0 Å². The van der Waals surface area contributed by atoms with Crippen molar-refractivity contribution in [1.29, 1.82) is 0 Å². The highest BCUT2D eigenvalue weighted by molar-refractivity contribution is 5.99. The summed E-state index contributed by atoms with van der Waals surface area (Å²) in [6, 6.07) is 3.75. The zero-order valence-corrected chi connectivity index (χ0v) is 12.1. The number of anilines is 2. The monoisotopic (exact) mass is 292 g/mol. The molecule has 0 saturated heterocycles. The number of rotatable bonds is 4. The third-order valence-electron chi connectivity index (χ3n) is 2.52. The lowest BCUT2D eigenvalue weighted by Gasteiger charge is -2.11. The molecule has 6 nitrogen and oxygen atoms in total. The van der Waals surface area contributed by atoms with Crippen molar-refractivity contribution in [3.63, 3.8) is 0 Å². The molecule has 1 heterocycles. The molecule has 1 aromatic carbocycles. The van der Waals surface area contributed by atoms with Gasteiger partial charge in [-0.05, 0) is 26.0 Å². The normalized spacial score (nSPS) is 10.5. The number of aryl methyl sites for hydroxylation is 1. The van der Waals surface area contributed by atoms with E-state index in [4.69, 9.17) is 4.74 Å². The molecule has 0 aliphatic rings. The molecule has 112 valence electrons. The number of nitrogens with zero attached hydrogens (tertiary/aromatic N) is 2. The lowest BCUT2D eigenvalue weighted by molar-refractivity contribution is 0.241. The van der Waals surface area contributed by atoms with E-state index in [9.17, 15) is 9.18 Å². The smallest absolute Gasteiger partial charge is 0.323 e. The van der Waals surface area contributed by atoms with Crippen molar-refractivity contribution in [2.75, 3.05) is 10.6 Å². The van der Waals surface area contributed by atoms with Crippen LogP contribution in [0.15, 0.2) is 30.6 Å². The minimum Gasteiger partial charge on any atom is -0.491 e. The number of nitrogens with one attached hydrogen (secondary N) is 2. The molecule has 0 bridgehead atoms. The molecule has 2 aromatic rings. The Kier molecular flexibility index (Phi) is 4.42. The molecule has 0 aliphatic heterocycles. The van der Waals surface area contributed by atoms with E-state index < -0.39 is 11.8 Å². The molecule has 21 heavy (non-hydrogen) atoms. The second kappa shape index (κ2) is 6.25. The molecule has 2 amide bonds. The molecule has 0 saturated carbocycles. The number of hydrogen-bond donors (Lipinski definition) is 2. The van der Waals surface area contributed by atoms with Gasteiger partial charge in [0.05, 0.1) is 23.7 Å². The number of halogens is 1.